The van der Waals surface area contributed by atoms with Gasteiger partial charge in [0.05, 0.1) is 5.92 Å². The molecule has 0 amide bonds. The Morgan fingerprint density at radius 1 is 0.824 bits per heavy atom. The number of hydrogen-bond donors (Lipinski definition) is 0. The van der Waals surface area contributed by atoms with E-state index in [1.54, 1.807) is 0 Å². The number of allylic oxidation sites excluding steroid dienone is 1. The van der Waals surface area contributed by atoms with E-state index < -0.39 is 0 Å². The molecular weight excluding hydrogens is 208 g/mol. The van der Waals surface area contributed by atoms with Crippen LogP contribution in [0.5, 0.6) is 0 Å². The van der Waals surface area contributed by atoms with Gasteiger partial charge >= 0.3 is 0 Å². The number of fused-ring (bicyclic) bond motifs is 1. The Balaban J connectivity index is 0.000000153. The van der Waals surface area contributed by atoms with Crippen molar-refractivity contribution in [2.75, 3.05) is 0 Å². The largest absolute Gasteiger partial charge is 0.302 e. The van der Waals surface area contributed by atoms with Gasteiger partial charge in [0.2, 0.25) is 0 Å². The quantitative estimate of drug-likeness (QED) is 0.673. The maximum atomic E-state index is 10.5. The highest BCUT2D eigenvalue weighted by atomic mass is 16.1. The van der Waals surface area contributed by atoms with Crippen molar-refractivity contribution in [3.63, 3.8) is 0 Å². The van der Waals surface area contributed by atoms with Crippen LogP contribution in [-0.4, -0.2) is 6.29 Å². The molecule has 1 heteroatoms. The number of benzene rings is 2. The lowest BCUT2D eigenvalue weighted by atomic mass is 10.0. The Bertz CT molecular complexity index is 473. The number of hydrogen-bond acceptors (Lipinski definition) is 1. The molecule has 0 saturated heterocycles. The summed E-state index contributed by atoms with van der Waals surface area (Å²) in [5, 5.41) is 0. The lowest BCUT2D eigenvalue weighted by molar-refractivity contribution is -0.108. The van der Waals surface area contributed by atoms with Gasteiger partial charge in [-0.3, -0.25) is 0 Å². The highest BCUT2D eigenvalue weighted by molar-refractivity contribution is 5.76. The molecule has 2 aromatic rings. The van der Waals surface area contributed by atoms with Crippen LogP contribution in [0.25, 0.3) is 6.08 Å². The fourth-order valence-corrected chi connectivity index (χ4v) is 1.78. The van der Waals surface area contributed by atoms with Crippen LogP contribution < -0.4 is 0 Å². The molecule has 0 fully saturated rings. The summed E-state index contributed by atoms with van der Waals surface area (Å²) in [4.78, 5) is 10.5. The zero-order valence-electron chi connectivity index (χ0n) is 9.49. The van der Waals surface area contributed by atoms with Crippen LogP contribution in [0.4, 0.5) is 0 Å². The normalized spacial score (nSPS) is 15.6. The summed E-state index contributed by atoms with van der Waals surface area (Å²) in [5.41, 5.74) is 2.30. The monoisotopic (exact) mass is 222 g/mol. The molecule has 1 nitrogen and oxygen atoms in total. The molecular formula is C16H14O. The lowest BCUT2D eigenvalue weighted by Gasteiger charge is -2.00. The van der Waals surface area contributed by atoms with E-state index in [1.807, 2.05) is 72.8 Å². The molecule has 0 radical (unpaired) electrons. The Hall–Kier alpha value is -2.15. The third kappa shape index (κ3) is 2.91. The van der Waals surface area contributed by atoms with Crippen molar-refractivity contribution in [1.82, 2.24) is 0 Å². The molecule has 0 aromatic heterocycles. The van der Waals surface area contributed by atoms with E-state index in [-0.39, 0.29) is 5.92 Å². The van der Waals surface area contributed by atoms with Crippen LogP contribution in [0.3, 0.4) is 0 Å². The second-order valence-corrected chi connectivity index (χ2v) is 3.80. The van der Waals surface area contributed by atoms with E-state index >= 15 is 0 Å². The van der Waals surface area contributed by atoms with E-state index in [2.05, 4.69) is 0 Å². The maximum absolute atomic E-state index is 10.5. The molecule has 0 spiro atoms. The fraction of sp³-hybridized carbons (Fsp3) is 0.0625. The second-order valence-electron chi connectivity index (χ2n) is 3.80. The summed E-state index contributed by atoms with van der Waals surface area (Å²) in [6, 6.07) is 20.0. The van der Waals surface area contributed by atoms with E-state index in [0.717, 1.165) is 11.8 Å². The zero-order chi connectivity index (χ0) is 11.9. The average Bonchev–Trinajstić information content (AvgIpc) is 2.84. The number of aldehydes is 1. The van der Waals surface area contributed by atoms with E-state index in [0.29, 0.717) is 0 Å². The maximum Gasteiger partial charge on any atom is 0.131 e. The number of rotatable bonds is 1. The van der Waals surface area contributed by atoms with Crippen molar-refractivity contribution in [3.8, 4) is 0 Å². The van der Waals surface area contributed by atoms with Crippen LogP contribution in [-0.2, 0) is 4.79 Å². The summed E-state index contributed by atoms with van der Waals surface area (Å²) in [6.45, 7) is 0. The van der Waals surface area contributed by atoms with Crippen molar-refractivity contribution in [1.29, 1.82) is 0 Å². The Labute approximate surface area is 101 Å². The molecule has 0 aliphatic heterocycles. The molecule has 84 valence electrons. The first-order chi connectivity index (χ1) is 8.42. The molecule has 0 heterocycles. The first-order valence-electron chi connectivity index (χ1n) is 5.64. The molecule has 1 atom stereocenters. The third-order valence-electron chi connectivity index (χ3n) is 2.65. The van der Waals surface area contributed by atoms with Gasteiger partial charge in [-0.25, -0.2) is 0 Å². The Morgan fingerprint density at radius 2 is 1.41 bits per heavy atom. The van der Waals surface area contributed by atoms with Crippen molar-refractivity contribution < 1.29 is 4.79 Å². The highest BCUT2D eigenvalue weighted by Gasteiger charge is 2.14. The molecule has 0 N–H and O–H groups in total. The number of carbonyl (C=O) groups excluding carboxylic acids is 1. The summed E-state index contributed by atoms with van der Waals surface area (Å²) < 4.78 is 0. The van der Waals surface area contributed by atoms with Crippen LogP contribution in [0.1, 0.15) is 17.0 Å². The summed E-state index contributed by atoms with van der Waals surface area (Å²) >= 11 is 0. The zero-order valence-corrected chi connectivity index (χ0v) is 9.49. The lowest BCUT2D eigenvalue weighted by Crippen LogP contribution is -1.92. The van der Waals surface area contributed by atoms with Crippen molar-refractivity contribution in [3.05, 3.63) is 77.9 Å². The van der Waals surface area contributed by atoms with Gasteiger partial charge < -0.3 is 4.79 Å². The van der Waals surface area contributed by atoms with Crippen LogP contribution >= 0.6 is 0 Å². The minimum Gasteiger partial charge on any atom is -0.302 e. The van der Waals surface area contributed by atoms with Gasteiger partial charge in [-0.15, -0.1) is 0 Å². The predicted molar refractivity (Wildman–Crippen MR) is 70.7 cm³/mol. The van der Waals surface area contributed by atoms with Crippen molar-refractivity contribution >= 4 is 12.4 Å². The van der Waals surface area contributed by atoms with E-state index in [4.69, 9.17) is 0 Å². The Morgan fingerprint density at radius 3 is 2.00 bits per heavy atom. The SMILES string of the molecule is O=CC1C=Cc2ccccc21.c1ccccc1. The smallest absolute Gasteiger partial charge is 0.131 e. The molecule has 17 heavy (non-hydrogen) atoms. The molecule has 3 rings (SSSR count). The second kappa shape index (κ2) is 5.80. The summed E-state index contributed by atoms with van der Waals surface area (Å²) in [7, 11) is 0. The van der Waals surface area contributed by atoms with Gasteiger partial charge in [-0.05, 0) is 11.1 Å². The first kappa shape index (κ1) is 11.3. The van der Waals surface area contributed by atoms with Gasteiger partial charge in [0, 0.05) is 0 Å². The molecule has 0 saturated carbocycles. The van der Waals surface area contributed by atoms with Gasteiger partial charge in [0.15, 0.2) is 0 Å². The fourth-order valence-electron chi connectivity index (χ4n) is 1.78. The first-order valence-corrected chi connectivity index (χ1v) is 5.64. The van der Waals surface area contributed by atoms with Gasteiger partial charge in [-0.1, -0.05) is 72.8 Å². The highest BCUT2D eigenvalue weighted by Crippen LogP contribution is 2.27. The van der Waals surface area contributed by atoms with Gasteiger partial charge in [0.1, 0.15) is 6.29 Å². The van der Waals surface area contributed by atoms with E-state index in [9.17, 15) is 4.79 Å². The third-order valence-corrected chi connectivity index (χ3v) is 2.65. The molecule has 1 aliphatic carbocycles. The van der Waals surface area contributed by atoms with Gasteiger partial charge in [-0.2, -0.15) is 0 Å². The topological polar surface area (TPSA) is 17.1 Å². The average molecular weight is 222 g/mol. The van der Waals surface area contributed by atoms with Crippen LogP contribution in [0.15, 0.2) is 66.7 Å². The minimum absolute atomic E-state index is 0.00815. The van der Waals surface area contributed by atoms with Crippen molar-refractivity contribution in [2.45, 2.75) is 5.92 Å². The van der Waals surface area contributed by atoms with Crippen molar-refractivity contribution in [2.24, 2.45) is 0 Å². The number of carbonyl (C=O) groups is 1. The molecule has 1 aliphatic rings. The minimum atomic E-state index is -0.00815. The predicted octanol–water partition coefficient (Wildman–Crippen LogP) is 3.68. The van der Waals surface area contributed by atoms with Crippen LogP contribution in [0.2, 0.25) is 0 Å². The van der Waals surface area contributed by atoms with E-state index in [1.165, 1.54) is 5.56 Å². The molecule has 1 unspecified atom stereocenters. The standard InChI is InChI=1S/C10H8O.C6H6/c11-7-9-6-5-8-3-1-2-4-10(8)9;1-2-4-6-5-3-1/h1-7,9H;1-6H. The van der Waals surface area contributed by atoms with Crippen LogP contribution in [0, 0.1) is 0 Å². The molecule has 2 aromatic carbocycles. The molecule has 0 bridgehead atoms. The summed E-state index contributed by atoms with van der Waals surface area (Å²) in [6.07, 6.45) is 4.90. The Kier molecular flexibility index (Phi) is 3.87. The summed E-state index contributed by atoms with van der Waals surface area (Å²) in [5.74, 6) is -0.00815. The van der Waals surface area contributed by atoms with Gasteiger partial charge in [0.25, 0.3) is 0 Å².